The highest BCUT2D eigenvalue weighted by atomic mass is 14.5. The number of benzene rings is 1. The van der Waals surface area contributed by atoms with Gasteiger partial charge in [-0.05, 0) is 40.2 Å². The second-order valence-electron chi connectivity index (χ2n) is 7.70. The molecule has 1 aromatic carbocycles. The highest BCUT2D eigenvalue weighted by Gasteiger charge is 2.41. The number of rotatable bonds is 0. The Bertz CT molecular complexity index is 362. The molecule has 0 bridgehead atoms. The van der Waals surface area contributed by atoms with Crippen LogP contribution in [0, 0.1) is 10.8 Å². The van der Waals surface area contributed by atoms with E-state index in [0.717, 1.165) is 0 Å². The molecular weight excluding hydrogens is 204 g/mol. The molecule has 1 aliphatic carbocycles. The third kappa shape index (κ3) is 2.27. The summed E-state index contributed by atoms with van der Waals surface area (Å²) in [6.45, 7) is 14.2. The maximum absolute atomic E-state index is 2.37. The molecule has 0 saturated heterocycles. The predicted molar refractivity (Wildman–Crippen MR) is 75.5 cm³/mol. The maximum atomic E-state index is 2.37. The monoisotopic (exact) mass is 230 g/mol. The van der Waals surface area contributed by atoms with Crippen molar-refractivity contribution in [1.29, 1.82) is 0 Å². The lowest BCUT2D eigenvalue weighted by Gasteiger charge is -2.31. The van der Waals surface area contributed by atoms with Crippen LogP contribution in [0.25, 0.3) is 0 Å². The molecule has 0 spiro atoms. The van der Waals surface area contributed by atoms with Crippen LogP contribution < -0.4 is 0 Å². The molecule has 0 heteroatoms. The smallest absolute Gasteiger partial charge is 0.0104 e. The lowest BCUT2D eigenvalue weighted by Crippen LogP contribution is -2.19. The Hall–Kier alpha value is -0.780. The minimum Gasteiger partial charge on any atom is -0.0620 e. The van der Waals surface area contributed by atoms with Crippen LogP contribution in [-0.2, 0) is 0 Å². The molecule has 17 heavy (non-hydrogen) atoms. The molecule has 0 heterocycles. The first-order valence-electron chi connectivity index (χ1n) is 6.80. The summed E-state index contributed by atoms with van der Waals surface area (Å²) in [6.07, 6.45) is 1.31. The largest absolute Gasteiger partial charge is 0.0620 e. The van der Waals surface area contributed by atoms with Crippen molar-refractivity contribution in [2.45, 2.75) is 59.8 Å². The maximum Gasteiger partial charge on any atom is -0.0104 e. The molecule has 2 unspecified atom stereocenters. The van der Waals surface area contributed by atoms with Gasteiger partial charge in [0.2, 0.25) is 0 Å². The topological polar surface area (TPSA) is 0 Å². The van der Waals surface area contributed by atoms with E-state index in [1.807, 2.05) is 0 Å². The van der Waals surface area contributed by atoms with E-state index in [4.69, 9.17) is 0 Å². The van der Waals surface area contributed by atoms with E-state index in [1.165, 1.54) is 6.42 Å². The van der Waals surface area contributed by atoms with Crippen molar-refractivity contribution < 1.29 is 0 Å². The fourth-order valence-corrected chi connectivity index (χ4v) is 3.28. The average Bonchev–Trinajstić information content (AvgIpc) is 2.55. The van der Waals surface area contributed by atoms with Crippen molar-refractivity contribution in [3.8, 4) is 0 Å². The van der Waals surface area contributed by atoms with E-state index in [-0.39, 0.29) is 0 Å². The molecule has 0 saturated carbocycles. The van der Waals surface area contributed by atoms with Crippen molar-refractivity contribution in [1.82, 2.24) is 0 Å². The van der Waals surface area contributed by atoms with Gasteiger partial charge in [0.15, 0.2) is 0 Å². The van der Waals surface area contributed by atoms with Crippen LogP contribution in [-0.4, -0.2) is 0 Å². The fraction of sp³-hybridized carbons (Fsp3) is 0.647. The van der Waals surface area contributed by atoms with Crippen molar-refractivity contribution in [3.05, 3.63) is 35.4 Å². The summed E-state index contributed by atoms with van der Waals surface area (Å²) in [4.78, 5) is 0. The van der Waals surface area contributed by atoms with Gasteiger partial charge >= 0.3 is 0 Å². The lowest BCUT2D eigenvalue weighted by molar-refractivity contribution is 0.254. The Morgan fingerprint density at radius 2 is 1.12 bits per heavy atom. The summed E-state index contributed by atoms with van der Waals surface area (Å²) in [6, 6.07) is 9.08. The van der Waals surface area contributed by atoms with Crippen LogP contribution in [0.5, 0.6) is 0 Å². The van der Waals surface area contributed by atoms with Crippen LogP contribution in [0.3, 0.4) is 0 Å². The average molecular weight is 230 g/mol. The molecule has 0 aromatic heterocycles. The molecule has 0 radical (unpaired) electrons. The predicted octanol–water partition coefficient (Wildman–Crippen LogP) is 5.35. The van der Waals surface area contributed by atoms with Crippen molar-refractivity contribution >= 4 is 0 Å². The molecule has 0 aliphatic heterocycles. The highest BCUT2D eigenvalue weighted by Crippen LogP contribution is 2.55. The summed E-state index contributed by atoms with van der Waals surface area (Å²) >= 11 is 0. The quantitative estimate of drug-likeness (QED) is 0.563. The molecule has 2 atom stereocenters. The van der Waals surface area contributed by atoms with Gasteiger partial charge in [-0.1, -0.05) is 65.8 Å². The molecule has 0 amide bonds. The first kappa shape index (κ1) is 12.7. The Balaban J connectivity index is 2.47. The van der Waals surface area contributed by atoms with E-state index in [2.05, 4.69) is 65.8 Å². The first-order chi connectivity index (χ1) is 7.71. The van der Waals surface area contributed by atoms with Gasteiger partial charge in [-0.15, -0.1) is 0 Å². The summed E-state index contributed by atoms with van der Waals surface area (Å²) in [5.41, 5.74) is 3.94. The molecule has 0 nitrogen and oxygen atoms in total. The Morgan fingerprint density at radius 1 is 0.765 bits per heavy atom. The SMILES string of the molecule is CC(C)(C)C1CC(C(C)(C)C)c2ccccc21. The number of fused-ring (bicyclic) bond motifs is 1. The fourth-order valence-electron chi connectivity index (χ4n) is 3.28. The zero-order valence-corrected chi connectivity index (χ0v) is 12.2. The van der Waals surface area contributed by atoms with Crippen molar-refractivity contribution in [3.63, 3.8) is 0 Å². The summed E-state index contributed by atoms with van der Waals surface area (Å²) in [5.74, 6) is 1.42. The highest BCUT2D eigenvalue weighted by molar-refractivity contribution is 5.40. The summed E-state index contributed by atoms with van der Waals surface area (Å²) in [5, 5.41) is 0. The van der Waals surface area contributed by atoms with Gasteiger partial charge in [0, 0.05) is 0 Å². The second-order valence-corrected chi connectivity index (χ2v) is 7.70. The van der Waals surface area contributed by atoms with Crippen LogP contribution in [0.15, 0.2) is 24.3 Å². The van der Waals surface area contributed by atoms with Gasteiger partial charge in [0.05, 0.1) is 0 Å². The van der Waals surface area contributed by atoms with E-state index < -0.39 is 0 Å². The van der Waals surface area contributed by atoms with Gasteiger partial charge < -0.3 is 0 Å². The van der Waals surface area contributed by atoms with E-state index >= 15 is 0 Å². The Kier molecular flexibility index (Phi) is 2.88. The van der Waals surface area contributed by atoms with Crippen LogP contribution in [0.1, 0.15) is 70.9 Å². The van der Waals surface area contributed by atoms with Gasteiger partial charge in [-0.2, -0.15) is 0 Å². The molecule has 1 aromatic rings. The minimum atomic E-state index is 0.371. The number of hydrogen-bond acceptors (Lipinski definition) is 0. The standard InChI is InChI=1S/C17H26/c1-16(2,3)14-11-15(17(4,5)6)13-10-8-7-9-12(13)14/h7-10,14-15H,11H2,1-6H3. The second kappa shape index (κ2) is 3.86. The molecule has 0 fully saturated rings. The van der Waals surface area contributed by atoms with Crippen LogP contribution in [0.2, 0.25) is 0 Å². The van der Waals surface area contributed by atoms with Crippen molar-refractivity contribution in [2.24, 2.45) is 10.8 Å². The normalized spacial score (nSPS) is 24.8. The van der Waals surface area contributed by atoms with Gasteiger partial charge in [-0.3, -0.25) is 0 Å². The van der Waals surface area contributed by atoms with Crippen LogP contribution >= 0.6 is 0 Å². The molecular formula is C17H26. The third-order valence-corrected chi connectivity index (χ3v) is 4.31. The van der Waals surface area contributed by atoms with Crippen LogP contribution in [0.4, 0.5) is 0 Å². The van der Waals surface area contributed by atoms with Gasteiger partial charge in [0.1, 0.15) is 0 Å². The molecule has 0 N–H and O–H groups in total. The molecule has 2 rings (SSSR count). The van der Waals surface area contributed by atoms with E-state index in [9.17, 15) is 0 Å². The zero-order chi connectivity index (χ0) is 12.8. The van der Waals surface area contributed by atoms with E-state index in [0.29, 0.717) is 22.7 Å². The summed E-state index contributed by atoms with van der Waals surface area (Å²) in [7, 11) is 0. The molecule has 94 valence electrons. The van der Waals surface area contributed by atoms with E-state index in [1.54, 1.807) is 11.1 Å². The third-order valence-electron chi connectivity index (χ3n) is 4.31. The first-order valence-corrected chi connectivity index (χ1v) is 6.80. The minimum absolute atomic E-state index is 0.371. The Morgan fingerprint density at radius 3 is 1.41 bits per heavy atom. The van der Waals surface area contributed by atoms with Gasteiger partial charge in [-0.25, -0.2) is 0 Å². The molecule has 1 aliphatic rings. The lowest BCUT2D eigenvalue weighted by atomic mass is 9.73. The van der Waals surface area contributed by atoms with Crippen molar-refractivity contribution in [2.75, 3.05) is 0 Å². The zero-order valence-electron chi connectivity index (χ0n) is 12.2. The summed E-state index contributed by atoms with van der Waals surface area (Å²) < 4.78 is 0. The Labute approximate surface area is 106 Å². The van der Waals surface area contributed by atoms with Gasteiger partial charge in [0.25, 0.3) is 0 Å². The number of hydrogen-bond donors (Lipinski definition) is 0.